The average molecular weight is 354 g/mol. The molecule has 0 bridgehead atoms. The molecular weight excluding hydrogens is 334 g/mol. The minimum absolute atomic E-state index is 0.111. The topological polar surface area (TPSA) is 52.7 Å². The van der Waals surface area contributed by atoms with Gasteiger partial charge in [0.25, 0.3) is 0 Å². The van der Waals surface area contributed by atoms with E-state index < -0.39 is 5.92 Å². The molecule has 0 aliphatic carbocycles. The van der Waals surface area contributed by atoms with E-state index in [4.69, 9.17) is 0 Å². The van der Waals surface area contributed by atoms with Crippen molar-refractivity contribution in [3.8, 4) is 0 Å². The lowest BCUT2D eigenvalue weighted by Crippen LogP contribution is -2.39. The van der Waals surface area contributed by atoms with E-state index in [0.29, 0.717) is 19.5 Å². The van der Waals surface area contributed by atoms with E-state index in [9.17, 15) is 9.59 Å². The first-order chi connectivity index (χ1) is 9.99. The van der Waals surface area contributed by atoms with Crippen LogP contribution in [0.1, 0.15) is 6.42 Å². The maximum Gasteiger partial charge on any atom is 0.239 e. The van der Waals surface area contributed by atoms with E-state index in [0.717, 1.165) is 16.7 Å². The summed E-state index contributed by atoms with van der Waals surface area (Å²) in [6.45, 7) is 1.92. The number of rotatable bonds is 5. The van der Waals surface area contributed by atoms with Crippen molar-refractivity contribution in [1.29, 1.82) is 0 Å². The predicted octanol–water partition coefficient (Wildman–Crippen LogP) is 1.48. The van der Waals surface area contributed by atoms with E-state index in [2.05, 4.69) is 21.2 Å². The molecular formula is C15H20BrN3O2. The highest BCUT2D eigenvalue weighted by Crippen LogP contribution is 2.26. The summed E-state index contributed by atoms with van der Waals surface area (Å²) in [4.78, 5) is 28.1. The van der Waals surface area contributed by atoms with Gasteiger partial charge in [0.15, 0.2) is 0 Å². The number of halogens is 1. The van der Waals surface area contributed by atoms with Crippen LogP contribution in [0.25, 0.3) is 0 Å². The van der Waals surface area contributed by atoms with Gasteiger partial charge in [-0.15, -0.1) is 0 Å². The van der Waals surface area contributed by atoms with Crippen LogP contribution in [0.2, 0.25) is 0 Å². The van der Waals surface area contributed by atoms with Crippen molar-refractivity contribution in [1.82, 2.24) is 10.2 Å². The smallest absolute Gasteiger partial charge is 0.239 e. The van der Waals surface area contributed by atoms with Gasteiger partial charge in [-0.2, -0.15) is 0 Å². The first-order valence-corrected chi connectivity index (χ1v) is 7.77. The fourth-order valence-corrected chi connectivity index (χ4v) is 2.59. The Bertz CT molecular complexity index is 516. The Labute approximate surface area is 133 Å². The molecule has 1 aromatic rings. The number of nitrogens with zero attached hydrogens (tertiary/aromatic N) is 2. The number of hydrogen-bond donors (Lipinski definition) is 1. The van der Waals surface area contributed by atoms with Crippen molar-refractivity contribution in [2.75, 3.05) is 38.6 Å². The second-order valence-corrected chi connectivity index (χ2v) is 6.32. The molecule has 6 heteroatoms. The van der Waals surface area contributed by atoms with Crippen molar-refractivity contribution < 1.29 is 9.59 Å². The maximum atomic E-state index is 12.4. The van der Waals surface area contributed by atoms with Gasteiger partial charge in [0.05, 0.1) is 0 Å². The van der Waals surface area contributed by atoms with Crippen molar-refractivity contribution >= 4 is 33.4 Å². The lowest BCUT2D eigenvalue weighted by atomic mass is 10.1. The third kappa shape index (κ3) is 4.04. The first kappa shape index (κ1) is 16.0. The summed E-state index contributed by atoms with van der Waals surface area (Å²) in [5, 5.41) is 2.83. The number of nitrogens with one attached hydrogen (secondary N) is 1. The van der Waals surface area contributed by atoms with Gasteiger partial charge in [-0.3, -0.25) is 9.59 Å². The predicted molar refractivity (Wildman–Crippen MR) is 86.2 cm³/mol. The summed E-state index contributed by atoms with van der Waals surface area (Å²) < 4.78 is 0.968. The van der Waals surface area contributed by atoms with Crippen LogP contribution >= 0.6 is 15.9 Å². The van der Waals surface area contributed by atoms with Gasteiger partial charge < -0.3 is 15.1 Å². The van der Waals surface area contributed by atoms with E-state index in [1.807, 2.05) is 43.3 Å². The third-order valence-corrected chi connectivity index (χ3v) is 4.05. The van der Waals surface area contributed by atoms with Crippen molar-refractivity contribution in [2.24, 2.45) is 5.92 Å². The molecule has 2 rings (SSSR count). The molecule has 0 spiro atoms. The number of likely N-dealkylation sites (N-methyl/N-ethyl adjacent to an activating group) is 1. The lowest BCUT2D eigenvalue weighted by molar-refractivity contribution is -0.132. The van der Waals surface area contributed by atoms with Crippen LogP contribution < -0.4 is 10.2 Å². The molecule has 1 aliphatic rings. The summed E-state index contributed by atoms with van der Waals surface area (Å²) in [6, 6.07) is 7.56. The van der Waals surface area contributed by atoms with E-state index in [1.54, 1.807) is 4.90 Å². The maximum absolute atomic E-state index is 12.4. The highest BCUT2D eigenvalue weighted by atomic mass is 79.9. The third-order valence-electron chi connectivity index (χ3n) is 3.52. The number of hydrogen-bond acceptors (Lipinski definition) is 3. The minimum atomic E-state index is -0.559. The fraction of sp³-hybridized carbons (Fsp3) is 0.467. The number of carbonyl (C=O) groups is 2. The van der Waals surface area contributed by atoms with Crippen LogP contribution in [-0.4, -0.2) is 50.4 Å². The monoisotopic (exact) mass is 353 g/mol. The van der Waals surface area contributed by atoms with Gasteiger partial charge in [0, 0.05) is 29.8 Å². The SMILES string of the molecule is CN(C)CCNC(=O)C1CCN(c2ccc(Br)cc2)C1=O. The highest BCUT2D eigenvalue weighted by molar-refractivity contribution is 9.10. The lowest BCUT2D eigenvalue weighted by Gasteiger charge is -2.17. The Morgan fingerprint density at radius 1 is 1.38 bits per heavy atom. The molecule has 1 N–H and O–H groups in total. The van der Waals surface area contributed by atoms with Crippen molar-refractivity contribution in [2.45, 2.75) is 6.42 Å². The van der Waals surface area contributed by atoms with Crippen LogP contribution in [0.4, 0.5) is 5.69 Å². The quantitative estimate of drug-likeness (QED) is 0.815. The molecule has 21 heavy (non-hydrogen) atoms. The number of amides is 2. The average Bonchev–Trinajstić information content (AvgIpc) is 2.81. The number of anilines is 1. The fourth-order valence-electron chi connectivity index (χ4n) is 2.33. The van der Waals surface area contributed by atoms with Crippen LogP contribution in [-0.2, 0) is 9.59 Å². The van der Waals surface area contributed by atoms with Gasteiger partial charge in [-0.05, 0) is 44.8 Å². The summed E-state index contributed by atoms with van der Waals surface area (Å²) in [5.74, 6) is -0.836. The van der Waals surface area contributed by atoms with Crippen LogP contribution in [0.15, 0.2) is 28.7 Å². The highest BCUT2D eigenvalue weighted by Gasteiger charge is 2.37. The van der Waals surface area contributed by atoms with Gasteiger partial charge in [0.2, 0.25) is 11.8 Å². The normalized spacial score (nSPS) is 18.4. The van der Waals surface area contributed by atoms with Gasteiger partial charge in [-0.1, -0.05) is 15.9 Å². The zero-order valence-corrected chi connectivity index (χ0v) is 13.9. The van der Waals surface area contributed by atoms with E-state index >= 15 is 0 Å². The summed E-state index contributed by atoms with van der Waals surface area (Å²) in [5.41, 5.74) is 0.840. The molecule has 1 atom stereocenters. The summed E-state index contributed by atoms with van der Waals surface area (Å²) >= 11 is 3.37. The van der Waals surface area contributed by atoms with Gasteiger partial charge >= 0.3 is 0 Å². The molecule has 1 heterocycles. The van der Waals surface area contributed by atoms with Crippen LogP contribution in [0, 0.1) is 5.92 Å². The van der Waals surface area contributed by atoms with E-state index in [1.165, 1.54) is 0 Å². The first-order valence-electron chi connectivity index (χ1n) is 6.98. The molecule has 1 aliphatic heterocycles. The second kappa shape index (κ2) is 7.04. The largest absolute Gasteiger partial charge is 0.354 e. The molecule has 0 radical (unpaired) electrons. The molecule has 0 saturated carbocycles. The van der Waals surface area contributed by atoms with Gasteiger partial charge in [0.1, 0.15) is 5.92 Å². The molecule has 2 amide bonds. The second-order valence-electron chi connectivity index (χ2n) is 5.40. The molecule has 0 aromatic heterocycles. The number of benzene rings is 1. The standard InChI is InChI=1S/C15H20BrN3O2/c1-18(2)10-8-17-14(20)13-7-9-19(15(13)21)12-5-3-11(16)4-6-12/h3-6,13H,7-10H2,1-2H3,(H,17,20). The van der Waals surface area contributed by atoms with Gasteiger partial charge in [-0.25, -0.2) is 0 Å². The zero-order chi connectivity index (χ0) is 15.4. The van der Waals surface area contributed by atoms with Crippen molar-refractivity contribution in [3.63, 3.8) is 0 Å². The molecule has 1 saturated heterocycles. The van der Waals surface area contributed by atoms with Crippen LogP contribution in [0.5, 0.6) is 0 Å². The van der Waals surface area contributed by atoms with E-state index in [-0.39, 0.29) is 11.8 Å². The Kier molecular flexibility index (Phi) is 5.36. The zero-order valence-electron chi connectivity index (χ0n) is 12.3. The Morgan fingerprint density at radius 3 is 2.67 bits per heavy atom. The Hall–Kier alpha value is -1.40. The molecule has 114 valence electrons. The number of carbonyl (C=O) groups excluding carboxylic acids is 2. The minimum Gasteiger partial charge on any atom is -0.354 e. The van der Waals surface area contributed by atoms with Crippen molar-refractivity contribution in [3.05, 3.63) is 28.7 Å². The summed E-state index contributed by atoms with van der Waals surface area (Å²) in [6.07, 6.45) is 0.572. The molecule has 1 unspecified atom stereocenters. The molecule has 1 fully saturated rings. The molecule has 1 aromatic carbocycles. The summed E-state index contributed by atoms with van der Waals surface area (Å²) in [7, 11) is 3.89. The van der Waals surface area contributed by atoms with Crippen LogP contribution in [0.3, 0.4) is 0 Å². The molecule has 5 nitrogen and oxygen atoms in total. The Balaban J connectivity index is 1.94. The Morgan fingerprint density at radius 2 is 2.05 bits per heavy atom.